The van der Waals surface area contributed by atoms with Gasteiger partial charge in [-0.05, 0) is 13.3 Å². The number of carbonyl (C=O) groups is 1. The van der Waals surface area contributed by atoms with Crippen LogP contribution in [0, 0.1) is 6.92 Å². The Balaban J connectivity index is 2.33. The Labute approximate surface area is 81.5 Å². The maximum absolute atomic E-state index is 10.9. The van der Waals surface area contributed by atoms with E-state index in [-0.39, 0.29) is 0 Å². The van der Waals surface area contributed by atoms with Gasteiger partial charge in [-0.25, -0.2) is 4.98 Å². The van der Waals surface area contributed by atoms with Crippen LogP contribution in [0.3, 0.4) is 0 Å². The molecule has 0 radical (unpaired) electrons. The summed E-state index contributed by atoms with van der Waals surface area (Å²) in [5, 5.41) is 8.97. The van der Waals surface area contributed by atoms with Crippen molar-refractivity contribution in [3.05, 3.63) is 17.7 Å². The van der Waals surface area contributed by atoms with E-state index in [0.29, 0.717) is 19.4 Å². The van der Waals surface area contributed by atoms with Crippen molar-refractivity contribution in [3.8, 4) is 0 Å². The molecule has 14 heavy (non-hydrogen) atoms. The number of nitrogens with zero attached hydrogens (tertiary/aromatic N) is 2. The first-order valence-electron chi connectivity index (χ1n) is 4.56. The average Bonchev–Trinajstić information content (AvgIpc) is 2.43. The molecule has 1 aliphatic rings. The highest BCUT2D eigenvalue weighted by atomic mass is 16.4. The number of imidazole rings is 1. The molecule has 5 nitrogen and oxygen atoms in total. The predicted molar refractivity (Wildman–Crippen MR) is 49.8 cm³/mol. The lowest BCUT2D eigenvalue weighted by Gasteiger charge is -2.29. The SMILES string of the molecule is Cc1cn2c(n1)CC(N)(C(=O)O)CC2. The van der Waals surface area contributed by atoms with Crippen molar-refractivity contribution < 1.29 is 9.90 Å². The fraction of sp³-hybridized carbons (Fsp3) is 0.556. The number of aromatic nitrogens is 2. The molecule has 0 spiro atoms. The maximum atomic E-state index is 10.9. The van der Waals surface area contributed by atoms with Gasteiger partial charge in [0.2, 0.25) is 0 Å². The topological polar surface area (TPSA) is 81.1 Å². The summed E-state index contributed by atoms with van der Waals surface area (Å²) in [6, 6.07) is 0. The monoisotopic (exact) mass is 195 g/mol. The van der Waals surface area contributed by atoms with Crippen molar-refractivity contribution in [2.45, 2.75) is 31.8 Å². The zero-order valence-electron chi connectivity index (χ0n) is 8.03. The van der Waals surface area contributed by atoms with Gasteiger partial charge in [0.25, 0.3) is 0 Å². The lowest BCUT2D eigenvalue weighted by Crippen LogP contribution is -2.53. The van der Waals surface area contributed by atoms with Crippen LogP contribution in [0.15, 0.2) is 6.20 Å². The molecule has 2 rings (SSSR count). The van der Waals surface area contributed by atoms with Crippen LogP contribution in [-0.2, 0) is 17.8 Å². The van der Waals surface area contributed by atoms with Crippen LogP contribution < -0.4 is 5.73 Å². The third kappa shape index (κ3) is 1.29. The number of nitrogens with two attached hydrogens (primary N) is 1. The lowest BCUT2D eigenvalue weighted by atomic mass is 9.89. The summed E-state index contributed by atoms with van der Waals surface area (Å²) in [7, 11) is 0. The Hall–Kier alpha value is -1.36. The quantitative estimate of drug-likeness (QED) is 0.656. The first-order valence-corrected chi connectivity index (χ1v) is 4.56. The van der Waals surface area contributed by atoms with Crippen molar-refractivity contribution in [1.29, 1.82) is 0 Å². The second kappa shape index (κ2) is 2.81. The molecule has 0 saturated carbocycles. The zero-order chi connectivity index (χ0) is 10.3. The number of rotatable bonds is 1. The molecule has 1 aromatic heterocycles. The third-order valence-electron chi connectivity index (χ3n) is 2.68. The van der Waals surface area contributed by atoms with Crippen molar-refractivity contribution in [2.75, 3.05) is 0 Å². The van der Waals surface area contributed by atoms with E-state index < -0.39 is 11.5 Å². The Bertz CT molecular complexity index is 385. The molecule has 1 unspecified atom stereocenters. The molecule has 3 N–H and O–H groups in total. The molecule has 0 aliphatic carbocycles. The third-order valence-corrected chi connectivity index (χ3v) is 2.68. The molecule has 76 valence electrons. The van der Waals surface area contributed by atoms with E-state index in [4.69, 9.17) is 10.8 Å². The highest BCUT2D eigenvalue weighted by Gasteiger charge is 2.38. The van der Waals surface area contributed by atoms with Gasteiger partial charge >= 0.3 is 5.97 Å². The summed E-state index contributed by atoms with van der Waals surface area (Å²) in [4.78, 5) is 15.2. The Morgan fingerprint density at radius 1 is 1.79 bits per heavy atom. The van der Waals surface area contributed by atoms with E-state index in [1.165, 1.54) is 0 Å². The lowest BCUT2D eigenvalue weighted by molar-refractivity contribution is -0.144. The predicted octanol–water partition coefficient (Wildman–Crippen LogP) is -0.0802. The van der Waals surface area contributed by atoms with Gasteiger partial charge in [-0.3, -0.25) is 4.79 Å². The highest BCUT2D eigenvalue weighted by molar-refractivity contribution is 5.78. The number of hydrogen-bond donors (Lipinski definition) is 2. The molecule has 2 heterocycles. The number of carboxylic acid groups (broad SMARTS) is 1. The number of fused-ring (bicyclic) bond motifs is 1. The largest absolute Gasteiger partial charge is 0.480 e. The summed E-state index contributed by atoms with van der Waals surface area (Å²) in [6.07, 6.45) is 2.71. The van der Waals surface area contributed by atoms with Gasteiger partial charge in [-0.1, -0.05) is 0 Å². The molecular formula is C9H13N3O2. The van der Waals surface area contributed by atoms with Crippen LogP contribution in [0.4, 0.5) is 0 Å². The van der Waals surface area contributed by atoms with Gasteiger partial charge in [0.1, 0.15) is 11.4 Å². The molecular weight excluding hydrogens is 182 g/mol. The summed E-state index contributed by atoms with van der Waals surface area (Å²) in [5.41, 5.74) is 5.55. The van der Waals surface area contributed by atoms with Gasteiger partial charge in [-0.15, -0.1) is 0 Å². The minimum absolute atomic E-state index is 0.316. The van der Waals surface area contributed by atoms with Crippen molar-refractivity contribution in [3.63, 3.8) is 0 Å². The van der Waals surface area contributed by atoms with Crippen LogP contribution in [0.2, 0.25) is 0 Å². The fourth-order valence-corrected chi connectivity index (χ4v) is 1.80. The molecule has 1 aromatic rings. The van der Waals surface area contributed by atoms with E-state index in [2.05, 4.69) is 4.98 Å². The Morgan fingerprint density at radius 2 is 2.50 bits per heavy atom. The van der Waals surface area contributed by atoms with E-state index in [9.17, 15) is 4.79 Å². The van der Waals surface area contributed by atoms with Crippen LogP contribution in [0.25, 0.3) is 0 Å². The molecule has 1 aliphatic heterocycles. The van der Waals surface area contributed by atoms with E-state index >= 15 is 0 Å². The normalized spacial score (nSPS) is 25.9. The van der Waals surface area contributed by atoms with E-state index in [0.717, 1.165) is 11.5 Å². The molecule has 5 heteroatoms. The van der Waals surface area contributed by atoms with Crippen molar-refractivity contribution in [1.82, 2.24) is 9.55 Å². The van der Waals surface area contributed by atoms with Gasteiger partial charge in [0.15, 0.2) is 0 Å². The van der Waals surface area contributed by atoms with Crippen LogP contribution >= 0.6 is 0 Å². The first-order chi connectivity index (χ1) is 6.51. The van der Waals surface area contributed by atoms with Crippen molar-refractivity contribution in [2.24, 2.45) is 5.73 Å². The minimum Gasteiger partial charge on any atom is -0.480 e. The molecule has 0 saturated heterocycles. The average molecular weight is 195 g/mol. The summed E-state index contributed by atoms with van der Waals surface area (Å²) in [5.74, 6) is -0.164. The maximum Gasteiger partial charge on any atom is 0.324 e. The molecule has 0 aromatic carbocycles. The second-order valence-electron chi connectivity index (χ2n) is 3.88. The highest BCUT2D eigenvalue weighted by Crippen LogP contribution is 2.22. The summed E-state index contributed by atoms with van der Waals surface area (Å²) >= 11 is 0. The zero-order valence-corrected chi connectivity index (χ0v) is 8.03. The molecule has 0 fully saturated rings. The van der Waals surface area contributed by atoms with Crippen molar-refractivity contribution >= 4 is 5.97 Å². The van der Waals surface area contributed by atoms with E-state index in [1.54, 1.807) is 0 Å². The fourth-order valence-electron chi connectivity index (χ4n) is 1.80. The number of carboxylic acids is 1. The van der Waals surface area contributed by atoms with Crippen LogP contribution in [-0.4, -0.2) is 26.2 Å². The molecule has 0 amide bonds. The smallest absolute Gasteiger partial charge is 0.324 e. The standard InChI is InChI=1S/C9H13N3O2/c1-6-5-12-3-2-9(10,8(13)14)4-7(12)11-6/h5H,2-4,10H2,1H3,(H,13,14). The van der Waals surface area contributed by atoms with Gasteiger partial charge in [0.05, 0.1) is 5.69 Å². The van der Waals surface area contributed by atoms with Crippen LogP contribution in [0.1, 0.15) is 17.9 Å². The van der Waals surface area contributed by atoms with Gasteiger partial charge < -0.3 is 15.4 Å². The minimum atomic E-state index is -1.13. The van der Waals surface area contributed by atoms with E-state index in [1.807, 2.05) is 17.7 Å². The second-order valence-corrected chi connectivity index (χ2v) is 3.88. The summed E-state index contributed by atoms with van der Waals surface area (Å²) in [6.45, 7) is 2.53. The Kier molecular flexibility index (Phi) is 1.85. The molecule has 0 bridgehead atoms. The summed E-state index contributed by atoms with van der Waals surface area (Å²) < 4.78 is 1.98. The number of aryl methyl sites for hydroxylation is 2. The number of hydrogen-bond acceptors (Lipinski definition) is 3. The van der Waals surface area contributed by atoms with Crippen LogP contribution in [0.5, 0.6) is 0 Å². The van der Waals surface area contributed by atoms with Gasteiger partial charge in [-0.2, -0.15) is 0 Å². The Morgan fingerprint density at radius 3 is 3.14 bits per heavy atom. The number of aliphatic carboxylic acids is 1. The van der Waals surface area contributed by atoms with Gasteiger partial charge in [0, 0.05) is 19.2 Å². The first kappa shape index (κ1) is 9.21. The molecule has 1 atom stereocenters.